The van der Waals surface area contributed by atoms with Crippen molar-refractivity contribution in [1.82, 2.24) is 4.98 Å². The SMILES string of the molecule is CC.Cc1ccc(COc2ccc([N+](=O)[O-])cc2)nc1. The van der Waals surface area contributed by atoms with Gasteiger partial charge in [-0.3, -0.25) is 15.1 Å². The van der Waals surface area contributed by atoms with Crippen molar-refractivity contribution >= 4 is 5.69 Å². The molecule has 0 radical (unpaired) electrons. The Hall–Kier alpha value is -2.43. The van der Waals surface area contributed by atoms with Crippen molar-refractivity contribution < 1.29 is 9.66 Å². The van der Waals surface area contributed by atoms with Crippen molar-refractivity contribution in [3.63, 3.8) is 0 Å². The van der Waals surface area contributed by atoms with Gasteiger partial charge in [0.25, 0.3) is 5.69 Å². The van der Waals surface area contributed by atoms with Gasteiger partial charge in [0.2, 0.25) is 0 Å². The van der Waals surface area contributed by atoms with Crippen molar-refractivity contribution in [3.05, 3.63) is 64.0 Å². The maximum Gasteiger partial charge on any atom is 0.269 e. The third kappa shape index (κ3) is 4.68. The van der Waals surface area contributed by atoms with Crippen LogP contribution in [0.4, 0.5) is 5.69 Å². The van der Waals surface area contributed by atoms with E-state index in [1.807, 2.05) is 32.9 Å². The number of nitro groups is 1. The molecule has 0 spiro atoms. The molecule has 1 heterocycles. The zero-order valence-corrected chi connectivity index (χ0v) is 11.9. The Balaban J connectivity index is 0.000000956. The number of nitrogens with zero attached hydrogens (tertiary/aromatic N) is 2. The van der Waals surface area contributed by atoms with Crippen LogP contribution in [0.1, 0.15) is 25.1 Å². The second-order valence-electron chi connectivity index (χ2n) is 3.87. The Morgan fingerprint density at radius 1 is 1.15 bits per heavy atom. The van der Waals surface area contributed by atoms with E-state index in [4.69, 9.17) is 4.74 Å². The molecule has 0 bridgehead atoms. The topological polar surface area (TPSA) is 65.3 Å². The standard InChI is InChI=1S/C13H12N2O3.C2H6/c1-10-2-3-11(14-8-10)9-18-13-6-4-12(5-7-13)15(16)17;1-2/h2-8H,9H2,1H3;1-2H3. The van der Waals surface area contributed by atoms with Gasteiger partial charge >= 0.3 is 0 Å². The second-order valence-corrected chi connectivity index (χ2v) is 3.87. The summed E-state index contributed by atoms with van der Waals surface area (Å²) in [6.45, 7) is 6.31. The zero-order valence-electron chi connectivity index (χ0n) is 11.9. The number of rotatable bonds is 4. The molecule has 2 rings (SSSR count). The van der Waals surface area contributed by atoms with Gasteiger partial charge in [-0.1, -0.05) is 19.9 Å². The van der Waals surface area contributed by atoms with Crippen LogP contribution in [0.2, 0.25) is 0 Å². The highest BCUT2D eigenvalue weighted by Crippen LogP contribution is 2.18. The van der Waals surface area contributed by atoms with Crippen molar-refractivity contribution in [3.8, 4) is 5.75 Å². The van der Waals surface area contributed by atoms with Gasteiger partial charge in [-0.2, -0.15) is 0 Å². The van der Waals surface area contributed by atoms with Gasteiger partial charge in [-0.15, -0.1) is 0 Å². The molecule has 0 amide bonds. The zero-order chi connectivity index (χ0) is 15.0. The number of pyridine rings is 1. The van der Waals surface area contributed by atoms with Gasteiger partial charge < -0.3 is 4.74 Å². The van der Waals surface area contributed by atoms with E-state index in [0.717, 1.165) is 11.3 Å². The number of aromatic nitrogens is 1. The number of hydrogen-bond donors (Lipinski definition) is 0. The molecule has 0 aliphatic heterocycles. The van der Waals surface area contributed by atoms with E-state index >= 15 is 0 Å². The van der Waals surface area contributed by atoms with E-state index in [9.17, 15) is 10.1 Å². The lowest BCUT2D eigenvalue weighted by atomic mass is 10.3. The third-order valence-corrected chi connectivity index (χ3v) is 2.41. The molecule has 20 heavy (non-hydrogen) atoms. The van der Waals surface area contributed by atoms with Crippen molar-refractivity contribution in [2.45, 2.75) is 27.4 Å². The number of ether oxygens (including phenoxy) is 1. The number of aryl methyl sites for hydroxylation is 1. The first-order valence-electron chi connectivity index (χ1n) is 6.44. The number of non-ortho nitro benzene ring substituents is 1. The molecule has 0 aliphatic carbocycles. The number of hydrogen-bond acceptors (Lipinski definition) is 4. The Labute approximate surface area is 118 Å². The van der Waals surface area contributed by atoms with Gasteiger partial charge in [0.1, 0.15) is 12.4 Å². The minimum atomic E-state index is -0.439. The van der Waals surface area contributed by atoms with Crippen LogP contribution in [-0.2, 0) is 6.61 Å². The fraction of sp³-hybridized carbons (Fsp3) is 0.267. The Morgan fingerprint density at radius 2 is 1.80 bits per heavy atom. The van der Waals surface area contributed by atoms with Crippen LogP contribution in [0.15, 0.2) is 42.6 Å². The second kappa shape index (κ2) is 7.89. The highest BCUT2D eigenvalue weighted by atomic mass is 16.6. The van der Waals surface area contributed by atoms with Crippen LogP contribution in [0.5, 0.6) is 5.75 Å². The summed E-state index contributed by atoms with van der Waals surface area (Å²) in [6.07, 6.45) is 1.77. The minimum absolute atomic E-state index is 0.0517. The molecule has 0 atom stereocenters. The summed E-state index contributed by atoms with van der Waals surface area (Å²) in [5.74, 6) is 0.586. The van der Waals surface area contributed by atoms with E-state index in [-0.39, 0.29) is 5.69 Å². The predicted molar refractivity (Wildman–Crippen MR) is 77.8 cm³/mol. The minimum Gasteiger partial charge on any atom is -0.487 e. The van der Waals surface area contributed by atoms with Gasteiger partial charge in [-0.05, 0) is 30.7 Å². The fourth-order valence-electron chi connectivity index (χ4n) is 1.41. The number of nitro benzene ring substituents is 1. The van der Waals surface area contributed by atoms with Crippen molar-refractivity contribution in [2.24, 2.45) is 0 Å². The van der Waals surface area contributed by atoms with Crippen LogP contribution in [-0.4, -0.2) is 9.91 Å². The molecule has 5 heteroatoms. The molecule has 0 unspecified atom stereocenters. The summed E-state index contributed by atoms with van der Waals surface area (Å²) in [7, 11) is 0. The van der Waals surface area contributed by atoms with E-state index in [1.54, 1.807) is 18.3 Å². The van der Waals surface area contributed by atoms with Crippen LogP contribution in [0.25, 0.3) is 0 Å². The van der Waals surface area contributed by atoms with E-state index in [0.29, 0.717) is 12.4 Å². The first-order valence-corrected chi connectivity index (χ1v) is 6.44. The molecule has 5 nitrogen and oxygen atoms in total. The summed E-state index contributed by atoms with van der Waals surface area (Å²) in [4.78, 5) is 14.2. The average molecular weight is 274 g/mol. The quantitative estimate of drug-likeness (QED) is 0.626. The van der Waals surface area contributed by atoms with Gasteiger partial charge in [0, 0.05) is 18.3 Å². The largest absolute Gasteiger partial charge is 0.487 e. The molecule has 2 aromatic rings. The van der Waals surface area contributed by atoms with Gasteiger partial charge in [-0.25, -0.2) is 0 Å². The molecule has 1 aromatic heterocycles. The monoisotopic (exact) mass is 274 g/mol. The van der Waals surface area contributed by atoms with Gasteiger partial charge in [0.05, 0.1) is 10.6 Å². The molecule has 0 saturated heterocycles. The predicted octanol–water partition coefficient (Wildman–Crippen LogP) is 3.90. The lowest BCUT2D eigenvalue weighted by molar-refractivity contribution is -0.384. The summed E-state index contributed by atoms with van der Waals surface area (Å²) >= 11 is 0. The van der Waals surface area contributed by atoms with E-state index in [1.165, 1.54) is 12.1 Å². The molecule has 0 saturated carbocycles. The summed E-state index contributed by atoms with van der Waals surface area (Å²) in [5, 5.41) is 10.5. The van der Waals surface area contributed by atoms with Crippen LogP contribution in [0.3, 0.4) is 0 Å². The van der Waals surface area contributed by atoms with Crippen LogP contribution in [0, 0.1) is 17.0 Å². The molecule has 0 N–H and O–H groups in total. The van der Waals surface area contributed by atoms with E-state index < -0.39 is 4.92 Å². The Morgan fingerprint density at radius 3 is 2.30 bits per heavy atom. The Bertz CT molecular complexity index is 536. The summed E-state index contributed by atoms with van der Waals surface area (Å²) < 4.78 is 5.48. The van der Waals surface area contributed by atoms with Crippen LogP contribution >= 0.6 is 0 Å². The maximum absolute atomic E-state index is 10.5. The average Bonchev–Trinajstić information content (AvgIpc) is 2.49. The molecule has 0 aliphatic rings. The maximum atomic E-state index is 10.5. The van der Waals surface area contributed by atoms with E-state index in [2.05, 4.69) is 4.98 Å². The normalized spacial score (nSPS) is 9.35. The highest BCUT2D eigenvalue weighted by molar-refractivity contribution is 5.36. The summed E-state index contributed by atoms with van der Waals surface area (Å²) in [6, 6.07) is 9.83. The number of benzene rings is 1. The third-order valence-electron chi connectivity index (χ3n) is 2.41. The Kier molecular flexibility index (Phi) is 6.16. The molecule has 1 aromatic carbocycles. The first kappa shape index (κ1) is 15.6. The summed E-state index contributed by atoms with van der Waals surface area (Å²) in [5.41, 5.74) is 1.96. The molecule has 106 valence electrons. The van der Waals surface area contributed by atoms with Crippen molar-refractivity contribution in [2.75, 3.05) is 0 Å². The first-order chi connectivity index (χ1) is 9.65. The smallest absolute Gasteiger partial charge is 0.269 e. The fourth-order valence-corrected chi connectivity index (χ4v) is 1.41. The highest BCUT2D eigenvalue weighted by Gasteiger charge is 2.04. The lowest BCUT2D eigenvalue weighted by Gasteiger charge is -2.05. The molecular weight excluding hydrogens is 256 g/mol. The van der Waals surface area contributed by atoms with Crippen molar-refractivity contribution in [1.29, 1.82) is 0 Å². The molecular formula is C15H18N2O3. The van der Waals surface area contributed by atoms with Gasteiger partial charge in [0.15, 0.2) is 0 Å². The lowest BCUT2D eigenvalue weighted by Crippen LogP contribution is -1.98. The van der Waals surface area contributed by atoms with Crippen LogP contribution < -0.4 is 4.74 Å². The molecule has 0 fully saturated rings.